The van der Waals surface area contributed by atoms with Gasteiger partial charge in [-0.1, -0.05) is 60.7 Å². The van der Waals surface area contributed by atoms with Crippen LogP contribution >= 0.6 is 0 Å². The molecule has 0 aromatic heterocycles. The summed E-state index contributed by atoms with van der Waals surface area (Å²) in [7, 11) is 0. The first-order valence-corrected chi connectivity index (χ1v) is 6.84. The zero-order chi connectivity index (χ0) is 13.7. The van der Waals surface area contributed by atoms with E-state index in [0.29, 0.717) is 0 Å². The van der Waals surface area contributed by atoms with E-state index >= 15 is 0 Å². The predicted molar refractivity (Wildman–Crippen MR) is 87.3 cm³/mol. The molecule has 1 heteroatoms. The molecule has 0 amide bonds. The summed E-state index contributed by atoms with van der Waals surface area (Å²) in [4.78, 5) is 0. The molecule has 0 aliphatic rings. The van der Waals surface area contributed by atoms with Gasteiger partial charge in [0.05, 0.1) is 0 Å². The van der Waals surface area contributed by atoms with Gasteiger partial charge in [0, 0.05) is 6.04 Å². The van der Waals surface area contributed by atoms with E-state index < -0.39 is 0 Å². The smallest absolute Gasteiger partial charge is 0.0484 e. The van der Waals surface area contributed by atoms with Gasteiger partial charge in [0.1, 0.15) is 0 Å². The van der Waals surface area contributed by atoms with Crippen LogP contribution in [0.5, 0.6) is 0 Å². The Morgan fingerprint density at radius 3 is 2.10 bits per heavy atom. The molecule has 0 saturated carbocycles. The van der Waals surface area contributed by atoms with Crippen LogP contribution in [0.4, 0.5) is 0 Å². The van der Waals surface area contributed by atoms with Crippen molar-refractivity contribution in [3.05, 3.63) is 72.8 Å². The highest BCUT2D eigenvalue weighted by Gasteiger charge is 2.12. The van der Waals surface area contributed by atoms with Gasteiger partial charge in [0.15, 0.2) is 0 Å². The molecule has 0 aliphatic heterocycles. The Bertz CT molecular complexity index is 921. The van der Waals surface area contributed by atoms with Gasteiger partial charge in [-0.2, -0.15) is 0 Å². The lowest BCUT2D eigenvalue weighted by Gasteiger charge is -2.15. The highest BCUT2D eigenvalue weighted by atomic mass is 14.6. The summed E-state index contributed by atoms with van der Waals surface area (Å²) >= 11 is 0. The molecule has 0 aliphatic carbocycles. The van der Waals surface area contributed by atoms with Gasteiger partial charge in [-0.25, -0.2) is 0 Å². The zero-order valence-corrected chi connectivity index (χ0v) is 11.1. The average Bonchev–Trinajstić information content (AvgIpc) is 2.51. The lowest BCUT2D eigenvalue weighted by molar-refractivity contribution is 0.926. The third kappa shape index (κ3) is 1.41. The Hall–Kier alpha value is -2.38. The Morgan fingerprint density at radius 1 is 0.800 bits per heavy atom. The fourth-order valence-corrected chi connectivity index (χ4v) is 3.18. The summed E-state index contributed by atoms with van der Waals surface area (Å²) < 4.78 is 0. The lowest BCUT2D eigenvalue weighted by atomic mass is 9.90. The van der Waals surface area contributed by atoms with E-state index in [1.54, 1.807) is 6.08 Å². The van der Waals surface area contributed by atoms with Gasteiger partial charge < -0.3 is 5.73 Å². The first-order valence-electron chi connectivity index (χ1n) is 6.84. The minimum Gasteiger partial charge on any atom is -0.321 e. The molecule has 4 aromatic carbocycles. The maximum atomic E-state index is 6.17. The molecular formula is C19H15N. The maximum absolute atomic E-state index is 6.17. The van der Waals surface area contributed by atoms with E-state index in [-0.39, 0.29) is 6.04 Å². The second-order valence-electron chi connectivity index (χ2n) is 5.27. The van der Waals surface area contributed by atoms with Crippen molar-refractivity contribution in [1.29, 1.82) is 0 Å². The van der Waals surface area contributed by atoms with Crippen molar-refractivity contribution < 1.29 is 0 Å². The van der Waals surface area contributed by atoms with Crippen molar-refractivity contribution in [1.82, 2.24) is 0 Å². The Balaban J connectivity index is 2.29. The van der Waals surface area contributed by atoms with Crippen molar-refractivity contribution in [2.24, 2.45) is 5.73 Å². The van der Waals surface area contributed by atoms with Crippen molar-refractivity contribution >= 4 is 32.3 Å². The molecule has 0 spiro atoms. The summed E-state index contributed by atoms with van der Waals surface area (Å²) in [5, 5.41) is 7.72. The third-order valence-electron chi connectivity index (χ3n) is 4.18. The van der Waals surface area contributed by atoms with Gasteiger partial charge in [-0.3, -0.25) is 0 Å². The molecule has 2 N–H and O–H groups in total. The van der Waals surface area contributed by atoms with Crippen LogP contribution in [0.15, 0.2) is 67.3 Å². The van der Waals surface area contributed by atoms with E-state index in [9.17, 15) is 0 Å². The van der Waals surface area contributed by atoms with Crippen molar-refractivity contribution in [2.45, 2.75) is 6.04 Å². The maximum Gasteiger partial charge on any atom is 0.0484 e. The molecule has 1 nitrogen and oxygen atoms in total. The topological polar surface area (TPSA) is 26.0 Å². The van der Waals surface area contributed by atoms with Gasteiger partial charge in [-0.15, -0.1) is 6.58 Å². The zero-order valence-electron chi connectivity index (χ0n) is 11.1. The van der Waals surface area contributed by atoms with Gasteiger partial charge >= 0.3 is 0 Å². The van der Waals surface area contributed by atoms with Crippen molar-refractivity contribution in [2.75, 3.05) is 0 Å². The Morgan fingerprint density at radius 2 is 1.40 bits per heavy atom. The Kier molecular flexibility index (Phi) is 2.32. The summed E-state index contributed by atoms with van der Waals surface area (Å²) in [5.41, 5.74) is 7.32. The quantitative estimate of drug-likeness (QED) is 0.406. The molecule has 0 fully saturated rings. The molecule has 0 unspecified atom stereocenters. The van der Waals surface area contributed by atoms with E-state index in [4.69, 9.17) is 5.73 Å². The molecule has 96 valence electrons. The normalized spacial score (nSPS) is 13.2. The SMILES string of the molecule is C=C[C@@H](N)c1ccc2ccc3cccc4ccc1c2c34. The highest BCUT2D eigenvalue weighted by Crippen LogP contribution is 2.37. The second kappa shape index (κ2) is 4.06. The summed E-state index contributed by atoms with van der Waals surface area (Å²) in [5.74, 6) is 0. The van der Waals surface area contributed by atoms with Crippen LogP contribution in [0.25, 0.3) is 32.3 Å². The number of rotatable bonds is 2. The van der Waals surface area contributed by atoms with Crippen molar-refractivity contribution in [3.63, 3.8) is 0 Å². The van der Waals surface area contributed by atoms with Crippen molar-refractivity contribution in [3.8, 4) is 0 Å². The largest absolute Gasteiger partial charge is 0.321 e. The molecule has 0 radical (unpaired) electrons. The number of nitrogens with two attached hydrogens (primary N) is 1. The molecular weight excluding hydrogens is 242 g/mol. The van der Waals surface area contributed by atoms with Crippen LogP contribution in [0.2, 0.25) is 0 Å². The summed E-state index contributed by atoms with van der Waals surface area (Å²) in [6.45, 7) is 3.82. The van der Waals surface area contributed by atoms with Gasteiger partial charge in [0.25, 0.3) is 0 Å². The van der Waals surface area contributed by atoms with Crippen LogP contribution in [0, 0.1) is 0 Å². The van der Waals surface area contributed by atoms with E-state index in [1.165, 1.54) is 32.3 Å². The summed E-state index contributed by atoms with van der Waals surface area (Å²) in [6, 6.07) is 19.3. The third-order valence-corrected chi connectivity index (χ3v) is 4.18. The van der Waals surface area contributed by atoms with Crippen LogP contribution in [-0.4, -0.2) is 0 Å². The number of benzene rings is 4. The predicted octanol–water partition coefficient (Wildman–Crippen LogP) is 4.77. The fraction of sp³-hybridized carbons (Fsp3) is 0.0526. The molecule has 0 heterocycles. The first-order chi connectivity index (χ1) is 9.79. The standard InChI is InChI=1S/C19H15N/c1-2-17(20)15-10-8-14-7-6-12-4-3-5-13-9-11-16(15)19(14)18(12)13/h2-11,17H,1,20H2/t17-/m1/s1. The van der Waals surface area contributed by atoms with Crippen LogP contribution in [0.3, 0.4) is 0 Å². The number of hydrogen-bond acceptors (Lipinski definition) is 1. The molecule has 0 bridgehead atoms. The van der Waals surface area contributed by atoms with Gasteiger partial charge in [0.2, 0.25) is 0 Å². The highest BCUT2D eigenvalue weighted by molar-refractivity contribution is 6.23. The van der Waals surface area contributed by atoms with E-state index in [1.807, 2.05) is 0 Å². The summed E-state index contributed by atoms with van der Waals surface area (Å²) in [6.07, 6.45) is 1.80. The molecule has 4 rings (SSSR count). The van der Waals surface area contributed by atoms with Gasteiger partial charge in [-0.05, 0) is 37.9 Å². The monoisotopic (exact) mass is 257 g/mol. The molecule has 4 aromatic rings. The molecule has 0 saturated heterocycles. The minimum atomic E-state index is -0.125. The van der Waals surface area contributed by atoms with Crippen LogP contribution in [0.1, 0.15) is 11.6 Å². The minimum absolute atomic E-state index is 0.125. The van der Waals surface area contributed by atoms with Crippen LogP contribution in [-0.2, 0) is 0 Å². The van der Waals surface area contributed by atoms with E-state index in [2.05, 4.69) is 61.2 Å². The first kappa shape index (κ1) is 11.4. The fourth-order valence-electron chi connectivity index (χ4n) is 3.18. The molecule has 20 heavy (non-hydrogen) atoms. The van der Waals surface area contributed by atoms with Crippen LogP contribution < -0.4 is 5.73 Å². The van der Waals surface area contributed by atoms with E-state index in [0.717, 1.165) is 5.56 Å². The second-order valence-corrected chi connectivity index (χ2v) is 5.27. The Labute approximate surface area is 117 Å². The number of hydrogen-bond donors (Lipinski definition) is 1. The lowest BCUT2D eigenvalue weighted by Crippen LogP contribution is -2.07. The molecule has 1 atom stereocenters. The average molecular weight is 257 g/mol.